The fraction of sp³-hybridized carbons (Fsp3) is 0.833. The summed E-state index contributed by atoms with van der Waals surface area (Å²) in [5.74, 6) is 0.755. The summed E-state index contributed by atoms with van der Waals surface area (Å²) in [6.07, 6.45) is 6.78. The SMILES string of the molecule is CCCn1nncc1CC1CCC(C)NC1. The van der Waals surface area contributed by atoms with Crippen LogP contribution >= 0.6 is 0 Å². The molecular weight excluding hydrogens is 200 g/mol. The number of piperidine rings is 1. The van der Waals surface area contributed by atoms with Crippen LogP contribution in [0.25, 0.3) is 0 Å². The number of rotatable bonds is 4. The van der Waals surface area contributed by atoms with Crippen molar-refractivity contribution in [1.29, 1.82) is 0 Å². The van der Waals surface area contributed by atoms with Gasteiger partial charge in [0.25, 0.3) is 0 Å². The van der Waals surface area contributed by atoms with Crippen LogP contribution in [-0.4, -0.2) is 27.6 Å². The van der Waals surface area contributed by atoms with E-state index < -0.39 is 0 Å². The molecule has 4 nitrogen and oxygen atoms in total. The summed E-state index contributed by atoms with van der Waals surface area (Å²) < 4.78 is 2.05. The van der Waals surface area contributed by atoms with E-state index in [0.717, 1.165) is 31.8 Å². The molecule has 16 heavy (non-hydrogen) atoms. The van der Waals surface area contributed by atoms with E-state index in [1.54, 1.807) is 0 Å². The van der Waals surface area contributed by atoms with Gasteiger partial charge in [-0.1, -0.05) is 12.1 Å². The minimum absolute atomic E-state index is 0.690. The van der Waals surface area contributed by atoms with Crippen LogP contribution in [0.2, 0.25) is 0 Å². The van der Waals surface area contributed by atoms with Gasteiger partial charge < -0.3 is 5.32 Å². The molecule has 1 aromatic heterocycles. The van der Waals surface area contributed by atoms with Crippen LogP contribution in [0.1, 0.15) is 38.8 Å². The Labute approximate surface area is 97.4 Å². The summed E-state index contributed by atoms with van der Waals surface area (Å²) in [5.41, 5.74) is 1.29. The molecule has 4 heteroatoms. The number of aromatic nitrogens is 3. The third-order valence-electron chi connectivity index (χ3n) is 3.39. The van der Waals surface area contributed by atoms with E-state index in [1.807, 2.05) is 6.20 Å². The molecule has 2 atom stereocenters. The van der Waals surface area contributed by atoms with Crippen LogP contribution in [0.3, 0.4) is 0 Å². The van der Waals surface area contributed by atoms with Crippen molar-refractivity contribution in [3.63, 3.8) is 0 Å². The lowest BCUT2D eigenvalue weighted by molar-refractivity contribution is 0.316. The summed E-state index contributed by atoms with van der Waals surface area (Å²) in [5, 5.41) is 11.7. The average Bonchev–Trinajstić information content (AvgIpc) is 2.70. The fourth-order valence-electron chi connectivity index (χ4n) is 2.36. The van der Waals surface area contributed by atoms with Gasteiger partial charge in [0, 0.05) is 12.6 Å². The summed E-state index contributed by atoms with van der Waals surface area (Å²) >= 11 is 0. The molecule has 0 spiro atoms. The Bertz CT molecular complexity index is 313. The minimum atomic E-state index is 0.690. The molecule has 1 N–H and O–H groups in total. The van der Waals surface area contributed by atoms with E-state index in [9.17, 15) is 0 Å². The van der Waals surface area contributed by atoms with Crippen molar-refractivity contribution in [3.8, 4) is 0 Å². The van der Waals surface area contributed by atoms with E-state index in [1.165, 1.54) is 18.5 Å². The second-order valence-corrected chi connectivity index (χ2v) is 4.91. The lowest BCUT2D eigenvalue weighted by Crippen LogP contribution is -2.37. The van der Waals surface area contributed by atoms with E-state index in [4.69, 9.17) is 0 Å². The van der Waals surface area contributed by atoms with Crippen molar-refractivity contribution in [2.75, 3.05) is 6.54 Å². The maximum absolute atomic E-state index is 4.13. The molecule has 1 aromatic rings. The number of hydrogen-bond acceptors (Lipinski definition) is 3. The Morgan fingerprint density at radius 2 is 2.38 bits per heavy atom. The quantitative estimate of drug-likeness (QED) is 0.842. The molecule has 0 radical (unpaired) electrons. The van der Waals surface area contributed by atoms with Crippen LogP contribution in [0.15, 0.2) is 6.20 Å². The van der Waals surface area contributed by atoms with Crippen LogP contribution in [0, 0.1) is 5.92 Å². The highest BCUT2D eigenvalue weighted by atomic mass is 15.4. The smallest absolute Gasteiger partial charge is 0.0725 e. The topological polar surface area (TPSA) is 42.7 Å². The average molecular weight is 222 g/mol. The molecule has 2 heterocycles. The number of hydrogen-bond donors (Lipinski definition) is 1. The molecular formula is C12H22N4. The molecule has 2 rings (SSSR count). The summed E-state index contributed by atoms with van der Waals surface area (Å²) in [6.45, 7) is 6.57. The zero-order chi connectivity index (χ0) is 11.4. The normalized spacial score (nSPS) is 25.9. The fourth-order valence-corrected chi connectivity index (χ4v) is 2.36. The molecule has 0 bridgehead atoms. The molecule has 0 aromatic carbocycles. The highest BCUT2D eigenvalue weighted by Gasteiger charge is 2.19. The Hall–Kier alpha value is -0.900. The van der Waals surface area contributed by atoms with Crippen molar-refractivity contribution in [2.24, 2.45) is 5.92 Å². The third kappa shape index (κ3) is 2.82. The van der Waals surface area contributed by atoms with Gasteiger partial charge in [0.05, 0.1) is 11.9 Å². The standard InChI is InChI=1S/C12H22N4/c1-3-6-16-12(9-14-15-16)7-11-5-4-10(2)13-8-11/h9-11,13H,3-8H2,1-2H3. The third-order valence-corrected chi connectivity index (χ3v) is 3.39. The van der Waals surface area contributed by atoms with Crippen LogP contribution in [0.4, 0.5) is 0 Å². The van der Waals surface area contributed by atoms with Crippen molar-refractivity contribution in [2.45, 2.75) is 52.1 Å². The molecule has 90 valence electrons. The van der Waals surface area contributed by atoms with Gasteiger partial charge in [-0.05, 0) is 45.1 Å². The number of nitrogens with one attached hydrogen (secondary N) is 1. The first-order valence-corrected chi connectivity index (χ1v) is 6.40. The monoisotopic (exact) mass is 222 g/mol. The predicted molar refractivity (Wildman–Crippen MR) is 64.2 cm³/mol. The Kier molecular flexibility index (Phi) is 3.93. The largest absolute Gasteiger partial charge is 0.314 e. The molecule has 1 saturated heterocycles. The molecule has 1 fully saturated rings. The molecule has 0 aliphatic carbocycles. The van der Waals surface area contributed by atoms with Crippen molar-refractivity contribution in [1.82, 2.24) is 20.3 Å². The van der Waals surface area contributed by atoms with E-state index in [-0.39, 0.29) is 0 Å². The Balaban J connectivity index is 1.90. The maximum Gasteiger partial charge on any atom is 0.0725 e. The van der Waals surface area contributed by atoms with Crippen molar-refractivity contribution < 1.29 is 0 Å². The van der Waals surface area contributed by atoms with Crippen LogP contribution in [0.5, 0.6) is 0 Å². The lowest BCUT2D eigenvalue weighted by Gasteiger charge is -2.27. The predicted octanol–water partition coefficient (Wildman–Crippen LogP) is 1.62. The summed E-state index contributed by atoms with van der Waals surface area (Å²) in [4.78, 5) is 0. The van der Waals surface area contributed by atoms with Crippen LogP contribution in [-0.2, 0) is 13.0 Å². The Morgan fingerprint density at radius 1 is 1.50 bits per heavy atom. The molecule has 1 aliphatic heterocycles. The molecule has 2 unspecified atom stereocenters. The first-order valence-electron chi connectivity index (χ1n) is 6.40. The van der Waals surface area contributed by atoms with Gasteiger partial charge >= 0.3 is 0 Å². The van der Waals surface area contributed by atoms with Crippen molar-refractivity contribution in [3.05, 3.63) is 11.9 Å². The zero-order valence-corrected chi connectivity index (χ0v) is 10.3. The zero-order valence-electron chi connectivity index (χ0n) is 10.3. The van der Waals surface area contributed by atoms with E-state index >= 15 is 0 Å². The second kappa shape index (κ2) is 5.43. The number of aryl methyl sites for hydroxylation is 1. The summed E-state index contributed by atoms with van der Waals surface area (Å²) in [7, 11) is 0. The lowest BCUT2D eigenvalue weighted by atomic mass is 9.92. The second-order valence-electron chi connectivity index (χ2n) is 4.91. The summed E-state index contributed by atoms with van der Waals surface area (Å²) in [6, 6.07) is 0.690. The van der Waals surface area contributed by atoms with E-state index in [2.05, 4.69) is 34.2 Å². The molecule has 0 saturated carbocycles. The maximum atomic E-state index is 4.13. The Morgan fingerprint density at radius 3 is 3.06 bits per heavy atom. The van der Waals surface area contributed by atoms with E-state index in [0.29, 0.717) is 6.04 Å². The number of nitrogens with zero attached hydrogens (tertiary/aromatic N) is 3. The van der Waals surface area contributed by atoms with Gasteiger partial charge in [-0.25, -0.2) is 4.68 Å². The first-order chi connectivity index (χ1) is 7.79. The van der Waals surface area contributed by atoms with Gasteiger partial charge in [0.2, 0.25) is 0 Å². The van der Waals surface area contributed by atoms with Gasteiger partial charge in [-0.15, -0.1) is 5.10 Å². The van der Waals surface area contributed by atoms with Gasteiger partial charge in [-0.3, -0.25) is 0 Å². The minimum Gasteiger partial charge on any atom is -0.314 e. The highest BCUT2D eigenvalue weighted by Crippen LogP contribution is 2.18. The first kappa shape index (κ1) is 11.6. The highest BCUT2D eigenvalue weighted by molar-refractivity contribution is 4.97. The van der Waals surface area contributed by atoms with Crippen molar-refractivity contribution >= 4 is 0 Å². The molecule has 0 amide bonds. The van der Waals surface area contributed by atoms with Crippen LogP contribution < -0.4 is 5.32 Å². The van der Waals surface area contributed by atoms with Gasteiger partial charge in [-0.2, -0.15) is 0 Å². The van der Waals surface area contributed by atoms with Gasteiger partial charge in [0.1, 0.15) is 0 Å². The molecule has 1 aliphatic rings. The van der Waals surface area contributed by atoms with Gasteiger partial charge in [0.15, 0.2) is 0 Å².